The van der Waals surface area contributed by atoms with Gasteiger partial charge >= 0.3 is 11.9 Å². The molecule has 0 saturated heterocycles. The summed E-state index contributed by atoms with van der Waals surface area (Å²) in [4.78, 5) is 27.6. The van der Waals surface area contributed by atoms with Crippen molar-refractivity contribution in [2.45, 2.75) is 11.1 Å². The zero-order valence-electron chi connectivity index (χ0n) is 13.0. The van der Waals surface area contributed by atoms with E-state index >= 15 is 0 Å². The Hall–Kier alpha value is -2.46. The lowest BCUT2D eigenvalue weighted by molar-refractivity contribution is 0.0596. The molecule has 0 spiro atoms. The molecule has 1 N–H and O–H groups in total. The van der Waals surface area contributed by atoms with Crippen LogP contribution in [-0.2, 0) is 19.5 Å². The van der Waals surface area contributed by atoms with Crippen LogP contribution in [0.4, 0.5) is 5.69 Å². The van der Waals surface area contributed by atoms with Gasteiger partial charge in [-0.25, -0.2) is 18.0 Å². The van der Waals surface area contributed by atoms with Gasteiger partial charge in [0.15, 0.2) is 4.21 Å². The Labute approximate surface area is 142 Å². The Morgan fingerprint density at radius 2 is 1.71 bits per heavy atom. The van der Waals surface area contributed by atoms with Crippen molar-refractivity contribution in [2.24, 2.45) is 0 Å². The topological polar surface area (TPSA) is 112 Å². The largest absolute Gasteiger partial charge is 0.465 e. The van der Waals surface area contributed by atoms with E-state index in [0.717, 1.165) is 7.11 Å². The number of rotatable bonds is 5. The van der Waals surface area contributed by atoms with Crippen molar-refractivity contribution < 1.29 is 27.5 Å². The first-order valence-corrected chi connectivity index (χ1v) is 8.84. The second-order valence-corrected chi connectivity index (χ2v) is 7.44. The summed E-state index contributed by atoms with van der Waals surface area (Å²) in [7, 11) is -1.81. The van der Waals surface area contributed by atoms with Crippen molar-refractivity contribution in [1.29, 1.82) is 0 Å². The number of carbonyl (C=O) groups is 2. The molecule has 0 atom stereocenters. The van der Waals surface area contributed by atoms with Gasteiger partial charge in [-0.15, -0.1) is 11.3 Å². The highest BCUT2D eigenvalue weighted by atomic mass is 32.2. The summed E-state index contributed by atoms with van der Waals surface area (Å²) in [6, 6.07) is 2.91. The number of nitrogens with zero attached hydrogens (tertiary/aromatic N) is 1. The van der Waals surface area contributed by atoms with Crippen LogP contribution in [0.5, 0.6) is 0 Å². The van der Waals surface area contributed by atoms with E-state index < -0.39 is 22.0 Å². The Bertz CT molecular complexity index is 874. The van der Waals surface area contributed by atoms with E-state index in [1.807, 2.05) is 0 Å². The number of methoxy groups -OCH3 is 2. The van der Waals surface area contributed by atoms with E-state index in [2.05, 4.69) is 19.2 Å². The minimum absolute atomic E-state index is 0.0213. The number of thiophene rings is 1. The molecule has 0 aliphatic heterocycles. The normalized spacial score (nSPS) is 11.0. The number of esters is 2. The molecule has 128 valence electrons. The molecule has 2 rings (SSSR count). The van der Waals surface area contributed by atoms with Gasteiger partial charge in [0.25, 0.3) is 10.0 Å². The molecule has 2 heterocycles. The molecule has 0 saturated carbocycles. The molecule has 8 nitrogen and oxygen atoms in total. The predicted octanol–water partition coefficient (Wildman–Crippen LogP) is 1.83. The third-order valence-corrected chi connectivity index (χ3v) is 6.22. The van der Waals surface area contributed by atoms with Crippen LogP contribution in [0, 0.1) is 6.92 Å². The van der Waals surface area contributed by atoms with Crippen LogP contribution >= 0.6 is 11.3 Å². The van der Waals surface area contributed by atoms with Crippen molar-refractivity contribution in [3.63, 3.8) is 0 Å². The predicted molar refractivity (Wildman–Crippen MR) is 86.8 cm³/mol. The van der Waals surface area contributed by atoms with E-state index in [-0.39, 0.29) is 25.9 Å². The third kappa shape index (κ3) is 3.39. The van der Waals surface area contributed by atoms with Gasteiger partial charge in [0.1, 0.15) is 4.88 Å². The average Bonchev–Trinajstić information content (AvgIpc) is 2.92. The Kier molecular flexibility index (Phi) is 5.20. The minimum Gasteiger partial charge on any atom is -0.465 e. The third-order valence-electron chi connectivity index (χ3n) is 3.05. The number of anilines is 1. The maximum absolute atomic E-state index is 12.6. The molecule has 2 aromatic heterocycles. The van der Waals surface area contributed by atoms with Gasteiger partial charge in [-0.2, -0.15) is 0 Å². The lowest BCUT2D eigenvalue weighted by Crippen LogP contribution is -2.16. The number of hydrogen-bond donors (Lipinski definition) is 1. The highest BCUT2D eigenvalue weighted by Crippen LogP contribution is 2.34. The van der Waals surface area contributed by atoms with Crippen LogP contribution in [-0.4, -0.2) is 39.6 Å². The maximum Gasteiger partial charge on any atom is 0.348 e. The summed E-state index contributed by atoms with van der Waals surface area (Å²) in [6.45, 7) is 1.46. The number of nitrogens with one attached hydrogen (secondary N) is 1. The maximum atomic E-state index is 12.6. The number of sulfonamides is 1. The molecular formula is C14H14N2O6S2. The number of hydrogen-bond acceptors (Lipinski definition) is 8. The summed E-state index contributed by atoms with van der Waals surface area (Å²) in [5.74, 6) is -1.58. The van der Waals surface area contributed by atoms with Crippen molar-refractivity contribution in [3.8, 4) is 0 Å². The molecule has 0 aliphatic carbocycles. The molecular weight excluding hydrogens is 356 g/mol. The van der Waals surface area contributed by atoms with Crippen LogP contribution in [0.15, 0.2) is 28.7 Å². The molecule has 24 heavy (non-hydrogen) atoms. The average molecular weight is 370 g/mol. The van der Waals surface area contributed by atoms with Gasteiger partial charge in [0.2, 0.25) is 0 Å². The summed E-state index contributed by atoms with van der Waals surface area (Å²) in [5, 5.41) is 0. The second-order valence-electron chi connectivity index (χ2n) is 4.54. The highest BCUT2D eigenvalue weighted by Gasteiger charge is 2.32. The molecule has 0 aliphatic rings. The van der Waals surface area contributed by atoms with Crippen molar-refractivity contribution in [2.75, 3.05) is 18.9 Å². The number of carbonyl (C=O) groups excluding carboxylic acids is 2. The molecule has 0 amide bonds. The Morgan fingerprint density at radius 1 is 1.12 bits per heavy atom. The van der Waals surface area contributed by atoms with Crippen LogP contribution in [0.25, 0.3) is 0 Å². The lowest BCUT2D eigenvalue weighted by atomic mass is 10.2. The van der Waals surface area contributed by atoms with Gasteiger partial charge in [0.05, 0.1) is 25.5 Å². The number of pyridine rings is 1. The smallest absolute Gasteiger partial charge is 0.348 e. The molecule has 0 unspecified atom stereocenters. The van der Waals surface area contributed by atoms with Gasteiger partial charge in [-0.1, -0.05) is 0 Å². The molecule has 2 aromatic rings. The highest BCUT2D eigenvalue weighted by molar-refractivity contribution is 7.94. The number of aromatic nitrogens is 1. The molecule has 0 radical (unpaired) electrons. The molecule has 0 aromatic carbocycles. The second kappa shape index (κ2) is 6.97. The fourth-order valence-electron chi connectivity index (χ4n) is 1.92. The van der Waals surface area contributed by atoms with E-state index in [4.69, 9.17) is 0 Å². The summed E-state index contributed by atoms with van der Waals surface area (Å²) < 4.78 is 36.6. The lowest BCUT2D eigenvalue weighted by Gasteiger charge is -2.08. The van der Waals surface area contributed by atoms with E-state index in [1.165, 1.54) is 38.6 Å². The van der Waals surface area contributed by atoms with E-state index in [9.17, 15) is 18.0 Å². The zero-order chi connectivity index (χ0) is 17.9. The molecule has 10 heteroatoms. The van der Waals surface area contributed by atoms with E-state index in [0.29, 0.717) is 11.3 Å². The van der Waals surface area contributed by atoms with Crippen molar-refractivity contribution >= 4 is 39.0 Å². The summed E-state index contributed by atoms with van der Waals surface area (Å²) in [5.41, 5.74) is 0.268. The van der Waals surface area contributed by atoms with Gasteiger partial charge < -0.3 is 9.47 Å². The molecule has 0 bridgehead atoms. The zero-order valence-corrected chi connectivity index (χ0v) is 14.7. The monoisotopic (exact) mass is 370 g/mol. The quantitative estimate of drug-likeness (QED) is 0.799. The SMILES string of the molecule is COC(=O)c1sc(S(=O)(=O)Nc2ccncc2)c(C(=O)OC)c1C. The molecule has 0 fully saturated rings. The first-order chi connectivity index (χ1) is 11.3. The first-order valence-electron chi connectivity index (χ1n) is 6.54. The fourth-order valence-corrected chi connectivity index (χ4v) is 4.73. The van der Waals surface area contributed by atoms with Gasteiger partial charge in [0, 0.05) is 12.4 Å². The number of ether oxygens (including phenoxy) is 2. The van der Waals surface area contributed by atoms with Crippen molar-refractivity contribution in [1.82, 2.24) is 4.98 Å². The summed E-state index contributed by atoms with van der Waals surface area (Å²) in [6.07, 6.45) is 2.83. The fraction of sp³-hybridized carbons (Fsp3) is 0.214. The summed E-state index contributed by atoms with van der Waals surface area (Å²) >= 11 is 0.647. The van der Waals surface area contributed by atoms with Crippen LogP contribution in [0.2, 0.25) is 0 Å². The first kappa shape index (κ1) is 17.9. The standard InChI is InChI=1S/C14H14N2O6S2/c1-8-10(12(17)21-2)14(23-11(8)13(18)22-3)24(19,20)16-9-4-6-15-7-5-9/h4-7H,1-3H3,(H,15,16). The van der Waals surface area contributed by atoms with Crippen molar-refractivity contribution in [3.05, 3.63) is 40.5 Å². The van der Waals surface area contributed by atoms with Crippen LogP contribution < -0.4 is 4.72 Å². The van der Waals surface area contributed by atoms with E-state index in [1.54, 1.807) is 0 Å². The Morgan fingerprint density at radius 3 is 2.25 bits per heavy atom. The minimum atomic E-state index is -4.11. The van der Waals surface area contributed by atoms with Crippen LogP contribution in [0.3, 0.4) is 0 Å². The van der Waals surface area contributed by atoms with Crippen LogP contribution in [0.1, 0.15) is 25.6 Å². The van der Waals surface area contributed by atoms with Gasteiger partial charge in [-0.3, -0.25) is 9.71 Å². The Balaban J connectivity index is 2.59. The van der Waals surface area contributed by atoms with Gasteiger partial charge in [-0.05, 0) is 24.6 Å².